The van der Waals surface area contributed by atoms with Gasteiger partial charge in [-0.2, -0.15) is 0 Å². The van der Waals surface area contributed by atoms with Gasteiger partial charge in [0.2, 0.25) is 11.8 Å². The zero-order valence-electron chi connectivity index (χ0n) is 81.7. The van der Waals surface area contributed by atoms with Crippen molar-refractivity contribution < 1.29 is 78.8 Å². The number of fused-ring (bicyclic) bond motifs is 4. The Hall–Kier alpha value is -14.0. The maximum atomic E-state index is 14.4. The SMILES string of the molecule is C=C(O)c1cc(-c2cn(CC3CCC(F)(F)CC3)c3cc(-c4c(C)noc4C)cnc23)ccc1C.C=C(O)c1cc(-c2cn(CC3CCC(F)(F)CC3)c3cc(-c4c(C)noc4C)cnc23)ccc1F.Cc1noc(C)c1-c1cnc2c(-c3ccc(C4(C(=O)O)CC4)cc3)cn(CC3CCC(C)(F)CC3)c2c1.Cc1noc(C)c1-c1cnc2c(-c3ccc(CC(=O)O)cc3)cn(CC3CCC(C)(F)CC3)c2c1. The van der Waals surface area contributed by atoms with E-state index in [4.69, 9.17) is 43.1 Å². The number of benzene rings is 4. The maximum Gasteiger partial charge on any atom is 0.314 e. The Morgan fingerprint density at radius 1 is 0.373 bits per heavy atom. The highest BCUT2D eigenvalue weighted by Crippen LogP contribution is 2.51. The third kappa shape index (κ3) is 20.6. The van der Waals surface area contributed by atoms with E-state index >= 15 is 0 Å². The summed E-state index contributed by atoms with van der Waals surface area (Å²) in [6.45, 7) is 30.5. The minimum absolute atomic E-state index is 0.00371. The van der Waals surface area contributed by atoms with Crippen molar-refractivity contribution in [3.63, 3.8) is 0 Å². The molecule has 0 saturated heterocycles. The fourth-order valence-corrected chi connectivity index (χ4v) is 21.6. The fraction of sp³-hybridized carbons (Fsp3) is 0.381. The summed E-state index contributed by atoms with van der Waals surface area (Å²) in [5, 5.41) is 55.0. The molecule has 5 fully saturated rings. The third-order valence-corrected chi connectivity index (χ3v) is 29.9. The van der Waals surface area contributed by atoms with Crippen molar-refractivity contribution in [3.05, 3.63) is 251 Å². The van der Waals surface area contributed by atoms with Crippen LogP contribution in [0.3, 0.4) is 0 Å². The van der Waals surface area contributed by atoms with Gasteiger partial charge in [-0.1, -0.05) is 101 Å². The number of aryl methyl sites for hydroxylation is 9. The van der Waals surface area contributed by atoms with Crippen molar-refractivity contribution in [2.75, 3.05) is 0 Å². The van der Waals surface area contributed by atoms with Gasteiger partial charge in [0, 0.05) is 174 Å². The fourth-order valence-electron chi connectivity index (χ4n) is 21.6. The number of rotatable bonds is 22. The van der Waals surface area contributed by atoms with Gasteiger partial charge in [0.05, 0.1) is 84.3 Å². The molecule has 5 aliphatic carbocycles. The lowest BCUT2D eigenvalue weighted by Gasteiger charge is -2.31. The molecule has 0 aliphatic heterocycles. The number of hydrogen-bond acceptors (Lipinski definition) is 16. The van der Waals surface area contributed by atoms with Gasteiger partial charge in [0.1, 0.15) is 51.7 Å². The lowest BCUT2D eigenvalue weighted by atomic mass is 9.81. The number of pyridine rings is 4. The molecule has 21 rings (SSSR count). The molecule has 0 spiro atoms. The quantitative estimate of drug-likeness (QED) is 0.0362. The molecule has 0 atom stereocenters. The Labute approximate surface area is 817 Å². The minimum atomic E-state index is -2.59. The molecule has 29 heteroatoms. The van der Waals surface area contributed by atoms with Crippen LogP contribution in [0.15, 0.2) is 190 Å². The summed E-state index contributed by atoms with van der Waals surface area (Å²) in [6, 6.07) is 34.2. The Morgan fingerprint density at radius 3 is 0.951 bits per heavy atom. The van der Waals surface area contributed by atoms with E-state index in [1.165, 1.54) is 6.07 Å². The molecule has 0 bridgehead atoms. The van der Waals surface area contributed by atoms with Crippen LogP contribution in [0, 0.1) is 91.8 Å². The topological polar surface area (TPSA) is 290 Å². The Kier molecular flexibility index (Phi) is 27.1. The number of nitrogens with zero attached hydrogens (tertiary/aromatic N) is 12. The van der Waals surface area contributed by atoms with E-state index in [0.29, 0.717) is 112 Å². The molecule has 16 aromatic rings. The molecule has 5 saturated carbocycles. The van der Waals surface area contributed by atoms with Gasteiger partial charge in [-0.05, 0) is 271 Å². The number of carbonyl (C=O) groups is 2. The van der Waals surface area contributed by atoms with Gasteiger partial charge in [0.15, 0.2) is 0 Å². The third-order valence-electron chi connectivity index (χ3n) is 29.9. The number of aliphatic hydroxyl groups is 2. The molecule has 12 heterocycles. The monoisotopic (exact) mass is 1930 g/mol. The first-order chi connectivity index (χ1) is 67.6. The molecule has 738 valence electrons. The number of alkyl halides is 6. The molecule has 0 radical (unpaired) electrons. The lowest BCUT2D eigenvalue weighted by molar-refractivity contribution is -0.140. The van der Waals surface area contributed by atoms with E-state index < -0.39 is 46.4 Å². The van der Waals surface area contributed by atoms with Gasteiger partial charge in [-0.15, -0.1) is 0 Å². The zero-order valence-corrected chi connectivity index (χ0v) is 81.7. The zero-order chi connectivity index (χ0) is 101. The van der Waals surface area contributed by atoms with E-state index in [1.54, 1.807) is 32.2 Å². The predicted octanol–water partition coefficient (Wildman–Crippen LogP) is 28.6. The van der Waals surface area contributed by atoms with E-state index in [2.05, 4.69) is 84.3 Å². The summed E-state index contributed by atoms with van der Waals surface area (Å²) >= 11 is 0. The van der Waals surface area contributed by atoms with Crippen molar-refractivity contribution in [2.24, 2.45) is 23.7 Å². The molecule has 12 aromatic heterocycles. The second-order valence-corrected chi connectivity index (χ2v) is 40.6. The Morgan fingerprint density at radius 2 is 0.662 bits per heavy atom. The number of aromatic nitrogens is 12. The summed E-state index contributed by atoms with van der Waals surface area (Å²) < 4.78 is 128. The first-order valence-corrected chi connectivity index (χ1v) is 48.8. The summed E-state index contributed by atoms with van der Waals surface area (Å²) in [5.41, 5.74) is 25.4. The standard InChI is InChI=1S/C30H32FN3O3.C28H29F2N3O2.C28H30FN3O3.C27H26F3N3O2/c1-18-26(19(2)37-33-18)22-14-25-27(32-15-22)24(17-34(25)16-20-8-10-29(3,31)11-9-20)21-4-6-23(7-5-21)30(12-13-30)28(35)36;1-16-5-6-21(11-23(16)18(3)34)24-15-33(14-20-7-9-28(29,30)10-8-20)25-12-22(13-31-27(24)25)26-17(2)32-35-19(26)4;1-17-26(18(2)35-31-17)22-13-24-27(30-14-22)23(21-6-4-19(5-7-21)12-25(33)34)16-32(24)15-20-8-10-28(3,29)11-9-20;1-15-25(17(3)35-32-15)20-11-24-26(31-12-20)22(19-4-5-23(28)21(10-19)16(2)34)14-33(24)13-18-6-8-27(29,30)9-7-18/h4-7,14-15,17,20H,8-13,16H2,1-3H3,(H,35,36);5-6,11-13,15,20,34H,3,7-10,14H2,1-2,4H3;4-7,13-14,16,20H,8-12,15H2,1-3H3,(H,33,34);4-5,10-12,14,18,34H,2,6-9,13H2,1,3H3. The van der Waals surface area contributed by atoms with Crippen LogP contribution in [0.1, 0.15) is 203 Å². The largest absolute Gasteiger partial charge is 0.508 e. The van der Waals surface area contributed by atoms with Crippen LogP contribution in [-0.2, 0) is 47.6 Å². The highest BCUT2D eigenvalue weighted by atomic mass is 19.3. The minimum Gasteiger partial charge on any atom is -0.508 e. The van der Waals surface area contributed by atoms with Crippen molar-refractivity contribution >= 4 is 67.6 Å². The summed E-state index contributed by atoms with van der Waals surface area (Å²) in [7, 11) is 0. The molecule has 5 aliphatic rings. The van der Waals surface area contributed by atoms with Gasteiger partial charge in [0.25, 0.3) is 0 Å². The number of aliphatic hydroxyl groups excluding tert-OH is 2. The first kappa shape index (κ1) is 98.2. The summed E-state index contributed by atoms with van der Waals surface area (Å²) in [5.74, 6) is -3.63. The number of aliphatic carboxylic acids is 2. The first-order valence-electron chi connectivity index (χ1n) is 48.8. The van der Waals surface area contributed by atoms with Crippen LogP contribution < -0.4 is 0 Å². The smallest absolute Gasteiger partial charge is 0.314 e. The molecule has 142 heavy (non-hydrogen) atoms. The van der Waals surface area contributed by atoms with E-state index in [9.17, 15) is 55.6 Å². The van der Waals surface area contributed by atoms with Crippen molar-refractivity contribution in [1.29, 1.82) is 0 Å². The molecule has 4 N–H and O–H groups in total. The van der Waals surface area contributed by atoms with Crippen molar-refractivity contribution in [3.8, 4) is 89.0 Å². The van der Waals surface area contributed by atoms with Crippen molar-refractivity contribution in [1.82, 2.24) is 58.8 Å². The molecule has 0 amide bonds. The summed E-state index contributed by atoms with van der Waals surface area (Å²) in [6.07, 6.45) is 24.3. The van der Waals surface area contributed by atoms with Gasteiger partial charge < -0.3 is 56.8 Å². The number of hydrogen-bond donors (Lipinski definition) is 4. The molecular formula is C113H117F7N12O10. The number of carboxylic acid groups (broad SMARTS) is 2. The van der Waals surface area contributed by atoms with E-state index in [-0.39, 0.29) is 61.0 Å². The van der Waals surface area contributed by atoms with Crippen LogP contribution in [0.4, 0.5) is 30.7 Å². The lowest BCUT2D eigenvalue weighted by Crippen LogP contribution is -2.27. The average Bonchev–Trinajstić information content (AvgIpc) is 1.63. The highest BCUT2D eigenvalue weighted by molar-refractivity contribution is 6.00. The van der Waals surface area contributed by atoms with Gasteiger partial charge in [-0.25, -0.2) is 30.7 Å². The van der Waals surface area contributed by atoms with Crippen LogP contribution in [-0.4, -0.2) is 114 Å². The maximum absolute atomic E-state index is 14.4. The predicted molar refractivity (Wildman–Crippen MR) is 535 cm³/mol. The van der Waals surface area contributed by atoms with Gasteiger partial charge in [-0.3, -0.25) is 29.5 Å². The van der Waals surface area contributed by atoms with E-state index in [0.717, 1.165) is 218 Å². The molecule has 4 aromatic carbocycles. The van der Waals surface area contributed by atoms with Crippen LogP contribution in [0.2, 0.25) is 0 Å². The van der Waals surface area contributed by atoms with Crippen molar-refractivity contribution in [2.45, 2.75) is 253 Å². The highest BCUT2D eigenvalue weighted by Gasteiger charge is 2.52. The molecule has 0 unspecified atom stereocenters. The second kappa shape index (κ2) is 39.1. The average molecular weight is 1940 g/mol. The normalized spacial score (nSPS) is 18.9. The van der Waals surface area contributed by atoms with Gasteiger partial charge >= 0.3 is 11.9 Å². The van der Waals surface area contributed by atoms with E-state index in [1.807, 2.05) is 164 Å². The number of carboxylic acids is 2. The summed E-state index contributed by atoms with van der Waals surface area (Å²) in [4.78, 5) is 42.2. The second-order valence-electron chi connectivity index (χ2n) is 40.6. The Balaban J connectivity index is 0.000000125. The molecular weight excluding hydrogens is 1820 g/mol. The molecule has 22 nitrogen and oxygen atoms in total. The van der Waals surface area contributed by atoms with Crippen LogP contribution >= 0.6 is 0 Å². The van der Waals surface area contributed by atoms with Crippen LogP contribution in [0.25, 0.3) is 145 Å². The van der Waals surface area contributed by atoms with Crippen LogP contribution in [0.5, 0.6) is 0 Å². The number of halogens is 7. The Bertz CT molecular complexity index is 7170.